The van der Waals surface area contributed by atoms with Crippen LogP contribution in [0, 0.1) is 18.6 Å². The Balaban J connectivity index is 2.32. The molecule has 0 radical (unpaired) electrons. The molecule has 0 spiro atoms. The molecule has 1 aromatic carbocycles. The van der Waals surface area contributed by atoms with Crippen molar-refractivity contribution in [2.75, 3.05) is 11.9 Å². The lowest BCUT2D eigenvalue weighted by atomic mass is 10.1. The zero-order valence-corrected chi connectivity index (χ0v) is 11.1. The van der Waals surface area contributed by atoms with Crippen LogP contribution in [0.5, 0.6) is 0 Å². The van der Waals surface area contributed by atoms with Crippen molar-refractivity contribution in [3.8, 4) is 11.3 Å². The molecule has 18 heavy (non-hydrogen) atoms. The maximum Gasteiger partial charge on any atom is 0.183 e. The lowest BCUT2D eigenvalue weighted by molar-refractivity contribution is 0.509. The second kappa shape index (κ2) is 5.44. The number of anilines is 1. The van der Waals surface area contributed by atoms with Crippen LogP contribution in [-0.2, 0) is 0 Å². The van der Waals surface area contributed by atoms with Gasteiger partial charge in [-0.2, -0.15) is 0 Å². The number of nitrogens with zero attached hydrogens (tertiary/aromatic N) is 1. The molecule has 0 saturated carbocycles. The smallest absolute Gasteiger partial charge is 0.183 e. The largest absolute Gasteiger partial charge is 0.362 e. The summed E-state index contributed by atoms with van der Waals surface area (Å²) in [7, 11) is 0. The summed E-state index contributed by atoms with van der Waals surface area (Å²) in [5.41, 5.74) is 1.31. The van der Waals surface area contributed by atoms with E-state index in [4.69, 9.17) is 0 Å². The zero-order valence-electron chi connectivity index (χ0n) is 10.3. The average Bonchev–Trinajstić information content (AvgIpc) is 2.71. The molecule has 2 rings (SSSR count). The number of aryl methyl sites for hydroxylation is 1. The minimum atomic E-state index is -0.844. The predicted octanol–water partition coefficient (Wildman–Crippen LogP) is 4.22. The van der Waals surface area contributed by atoms with Crippen LogP contribution in [0.1, 0.15) is 18.2 Å². The molecule has 0 aliphatic carbocycles. The number of halogens is 2. The van der Waals surface area contributed by atoms with E-state index >= 15 is 0 Å². The summed E-state index contributed by atoms with van der Waals surface area (Å²) < 4.78 is 26.1. The molecule has 0 fully saturated rings. The molecular weight excluding hydrogens is 254 g/mol. The van der Waals surface area contributed by atoms with Gasteiger partial charge in [-0.3, -0.25) is 0 Å². The van der Waals surface area contributed by atoms with Crippen LogP contribution in [0.3, 0.4) is 0 Å². The molecule has 0 bridgehead atoms. The van der Waals surface area contributed by atoms with Crippen LogP contribution in [0.15, 0.2) is 18.2 Å². The summed E-state index contributed by atoms with van der Waals surface area (Å²) >= 11 is 1.52. The van der Waals surface area contributed by atoms with E-state index in [-0.39, 0.29) is 0 Å². The summed E-state index contributed by atoms with van der Waals surface area (Å²) in [6.45, 7) is 4.85. The number of aromatic nitrogens is 1. The highest BCUT2D eigenvalue weighted by Crippen LogP contribution is 2.30. The molecule has 0 saturated heterocycles. The van der Waals surface area contributed by atoms with E-state index in [0.717, 1.165) is 29.0 Å². The van der Waals surface area contributed by atoms with Gasteiger partial charge in [-0.1, -0.05) is 6.92 Å². The van der Waals surface area contributed by atoms with Gasteiger partial charge in [0.25, 0.3) is 0 Å². The second-order valence-electron chi connectivity index (χ2n) is 3.98. The summed E-state index contributed by atoms with van der Waals surface area (Å²) in [6.07, 6.45) is 1.01. The number of thiazole rings is 1. The molecule has 2 nitrogen and oxygen atoms in total. The molecule has 0 atom stereocenters. The van der Waals surface area contributed by atoms with Crippen molar-refractivity contribution in [1.29, 1.82) is 0 Å². The van der Waals surface area contributed by atoms with E-state index < -0.39 is 11.6 Å². The minimum Gasteiger partial charge on any atom is -0.362 e. The Morgan fingerprint density at radius 1 is 1.28 bits per heavy atom. The highest BCUT2D eigenvalue weighted by atomic mass is 32.1. The Hall–Kier alpha value is -1.49. The first kappa shape index (κ1) is 13.0. The van der Waals surface area contributed by atoms with Gasteiger partial charge in [0.2, 0.25) is 0 Å². The van der Waals surface area contributed by atoms with Gasteiger partial charge in [0, 0.05) is 17.0 Å². The minimum absolute atomic E-state index is 0.604. The van der Waals surface area contributed by atoms with Gasteiger partial charge < -0.3 is 5.32 Å². The molecule has 1 heterocycles. The number of hydrogen-bond donors (Lipinski definition) is 1. The Bertz CT molecular complexity index is 552. The lowest BCUT2D eigenvalue weighted by Crippen LogP contribution is -1.98. The summed E-state index contributed by atoms with van der Waals surface area (Å²) in [5.74, 6) is -1.68. The topological polar surface area (TPSA) is 24.9 Å². The molecular formula is C13H14F2N2S. The Morgan fingerprint density at radius 3 is 2.72 bits per heavy atom. The maximum atomic E-state index is 13.2. The predicted molar refractivity (Wildman–Crippen MR) is 71.0 cm³/mol. The van der Waals surface area contributed by atoms with Crippen molar-refractivity contribution in [3.05, 3.63) is 34.7 Å². The number of hydrogen-bond acceptors (Lipinski definition) is 3. The third kappa shape index (κ3) is 2.67. The number of benzene rings is 1. The summed E-state index contributed by atoms with van der Waals surface area (Å²) in [6, 6.07) is 3.85. The van der Waals surface area contributed by atoms with Gasteiger partial charge in [-0.25, -0.2) is 13.8 Å². The Kier molecular flexibility index (Phi) is 3.91. The van der Waals surface area contributed by atoms with Crippen molar-refractivity contribution in [1.82, 2.24) is 4.98 Å². The molecule has 0 aliphatic heterocycles. The molecule has 5 heteroatoms. The van der Waals surface area contributed by atoms with Crippen LogP contribution in [0.2, 0.25) is 0 Å². The second-order valence-corrected chi connectivity index (χ2v) is 5.18. The van der Waals surface area contributed by atoms with Crippen LogP contribution in [-0.4, -0.2) is 11.5 Å². The molecule has 1 N–H and O–H groups in total. The molecule has 0 amide bonds. The fraction of sp³-hybridized carbons (Fsp3) is 0.308. The van der Waals surface area contributed by atoms with Crippen molar-refractivity contribution in [2.24, 2.45) is 0 Å². The van der Waals surface area contributed by atoms with E-state index in [1.54, 1.807) is 6.07 Å². The quantitative estimate of drug-likeness (QED) is 0.898. The van der Waals surface area contributed by atoms with Crippen LogP contribution >= 0.6 is 11.3 Å². The molecule has 96 valence electrons. The van der Waals surface area contributed by atoms with Crippen LogP contribution in [0.25, 0.3) is 11.3 Å². The standard InChI is InChI=1S/C13H14F2N2S/c1-3-6-16-13-17-12(8(2)18-13)9-4-5-10(14)11(15)7-9/h4-5,7H,3,6H2,1-2H3,(H,16,17). The van der Waals surface area contributed by atoms with Gasteiger partial charge in [0.1, 0.15) is 0 Å². The fourth-order valence-electron chi connectivity index (χ4n) is 1.62. The molecule has 0 unspecified atom stereocenters. The monoisotopic (exact) mass is 268 g/mol. The molecule has 1 aromatic heterocycles. The first-order valence-corrected chi connectivity index (χ1v) is 6.60. The summed E-state index contributed by atoms with van der Waals surface area (Å²) in [4.78, 5) is 5.39. The van der Waals surface area contributed by atoms with Crippen molar-refractivity contribution >= 4 is 16.5 Å². The fourth-order valence-corrected chi connectivity index (χ4v) is 2.48. The van der Waals surface area contributed by atoms with Gasteiger partial charge in [-0.05, 0) is 31.5 Å². The first-order chi connectivity index (χ1) is 8.61. The highest BCUT2D eigenvalue weighted by Gasteiger charge is 2.11. The van der Waals surface area contributed by atoms with Crippen LogP contribution in [0.4, 0.5) is 13.9 Å². The average molecular weight is 268 g/mol. The van der Waals surface area contributed by atoms with E-state index in [1.807, 2.05) is 6.92 Å². The van der Waals surface area contributed by atoms with E-state index in [0.29, 0.717) is 11.3 Å². The third-order valence-electron chi connectivity index (χ3n) is 2.52. The van der Waals surface area contributed by atoms with E-state index in [9.17, 15) is 8.78 Å². The first-order valence-electron chi connectivity index (χ1n) is 5.78. The number of nitrogens with one attached hydrogen (secondary N) is 1. The van der Waals surface area contributed by atoms with E-state index in [2.05, 4.69) is 17.2 Å². The van der Waals surface area contributed by atoms with Crippen LogP contribution < -0.4 is 5.32 Å². The highest BCUT2D eigenvalue weighted by molar-refractivity contribution is 7.16. The number of rotatable bonds is 4. The van der Waals surface area contributed by atoms with Crippen molar-refractivity contribution < 1.29 is 8.78 Å². The Labute approximate surface area is 109 Å². The van der Waals surface area contributed by atoms with Gasteiger partial charge in [-0.15, -0.1) is 11.3 Å². The third-order valence-corrected chi connectivity index (χ3v) is 3.44. The SMILES string of the molecule is CCCNc1nc(-c2ccc(F)c(F)c2)c(C)s1. The van der Waals surface area contributed by atoms with E-state index in [1.165, 1.54) is 17.4 Å². The van der Waals surface area contributed by atoms with Crippen molar-refractivity contribution in [2.45, 2.75) is 20.3 Å². The van der Waals surface area contributed by atoms with Crippen molar-refractivity contribution in [3.63, 3.8) is 0 Å². The Morgan fingerprint density at radius 2 is 2.06 bits per heavy atom. The summed E-state index contributed by atoms with van der Waals surface area (Å²) in [5, 5.41) is 4.00. The van der Waals surface area contributed by atoms with Gasteiger partial charge in [0.05, 0.1) is 5.69 Å². The van der Waals surface area contributed by atoms with Gasteiger partial charge >= 0.3 is 0 Å². The zero-order chi connectivity index (χ0) is 13.1. The van der Waals surface area contributed by atoms with Gasteiger partial charge in [0.15, 0.2) is 16.8 Å². The normalized spacial score (nSPS) is 10.7. The molecule has 0 aliphatic rings. The lowest BCUT2D eigenvalue weighted by Gasteiger charge is -2.00. The molecule has 2 aromatic rings. The maximum absolute atomic E-state index is 13.2.